The third-order valence-electron chi connectivity index (χ3n) is 6.18. The summed E-state index contributed by atoms with van der Waals surface area (Å²) in [6.45, 7) is 6.43. The lowest BCUT2D eigenvalue weighted by Crippen LogP contribution is -2.53. The van der Waals surface area contributed by atoms with Gasteiger partial charge in [0, 0.05) is 48.5 Å². The standard InChI is InChI=1S/C24H34N4O6S/c1-24(2,3)34-23(29)26-35(30,31)28(16-6-7-16)17-9-12-27(13-10-17)20-8-11-25-19-15-22(33-5)21(32-4)14-18(19)20/h8,11,14-17H,6-7,9-10,12-13H2,1-5H3,(H,26,29). The third-order valence-corrected chi connectivity index (χ3v) is 7.76. The molecule has 2 fully saturated rings. The lowest BCUT2D eigenvalue weighted by Gasteiger charge is -2.39. The average molecular weight is 507 g/mol. The SMILES string of the molecule is COc1cc2nccc(N3CCC(N(C4CC4)S(=O)(=O)NC(=O)OC(C)(C)C)CC3)c2cc1OC. The van der Waals surface area contributed by atoms with E-state index in [1.807, 2.05) is 18.2 Å². The molecule has 0 spiro atoms. The molecule has 4 rings (SSSR count). The molecule has 2 aliphatic rings. The maximum atomic E-state index is 13.1. The highest BCUT2D eigenvalue weighted by molar-refractivity contribution is 7.87. The van der Waals surface area contributed by atoms with Crippen molar-refractivity contribution in [1.82, 2.24) is 14.0 Å². The molecule has 0 bridgehead atoms. The van der Waals surface area contributed by atoms with Gasteiger partial charge in [0.2, 0.25) is 0 Å². The van der Waals surface area contributed by atoms with Gasteiger partial charge >= 0.3 is 16.3 Å². The molecular weight excluding hydrogens is 472 g/mol. The van der Waals surface area contributed by atoms with Crippen LogP contribution in [0.2, 0.25) is 0 Å². The first-order chi connectivity index (χ1) is 16.5. The lowest BCUT2D eigenvalue weighted by atomic mass is 10.0. The molecule has 1 aromatic heterocycles. The van der Waals surface area contributed by atoms with Gasteiger partial charge in [-0.25, -0.2) is 9.52 Å². The van der Waals surface area contributed by atoms with E-state index in [0.717, 1.165) is 29.4 Å². The summed E-state index contributed by atoms with van der Waals surface area (Å²) >= 11 is 0. The van der Waals surface area contributed by atoms with Gasteiger partial charge in [0.1, 0.15) is 5.60 Å². The van der Waals surface area contributed by atoms with Crippen LogP contribution in [0.25, 0.3) is 10.9 Å². The number of hydrogen-bond acceptors (Lipinski definition) is 8. The summed E-state index contributed by atoms with van der Waals surface area (Å²) in [5.41, 5.74) is 1.03. The van der Waals surface area contributed by atoms with Crippen molar-refractivity contribution in [2.45, 2.75) is 64.1 Å². The number of rotatable bonds is 7. The van der Waals surface area contributed by atoms with Gasteiger partial charge < -0.3 is 19.1 Å². The predicted octanol–water partition coefficient (Wildman–Crippen LogP) is 3.45. The number of ether oxygens (including phenoxy) is 3. The zero-order valence-electron chi connectivity index (χ0n) is 20.9. The van der Waals surface area contributed by atoms with Crippen molar-refractivity contribution in [2.24, 2.45) is 0 Å². The molecular formula is C24H34N4O6S. The van der Waals surface area contributed by atoms with E-state index in [-0.39, 0.29) is 12.1 Å². The molecule has 1 aromatic carbocycles. The molecule has 35 heavy (non-hydrogen) atoms. The van der Waals surface area contributed by atoms with Crippen molar-refractivity contribution in [3.63, 3.8) is 0 Å². The average Bonchev–Trinajstić information content (AvgIpc) is 3.61. The quantitative estimate of drug-likeness (QED) is 0.608. The molecule has 2 heterocycles. The van der Waals surface area contributed by atoms with Gasteiger partial charge in [-0.1, -0.05) is 0 Å². The number of pyridine rings is 1. The first-order valence-electron chi connectivity index (χ1n) is 11.8. The minimum absolute atomic E-state index is 0.0787. The number of piperidine rings is 1. The van der Waals surface area contributed by atoms with Crippen molar-refractivity contribution in [3.05, 3.63) is 24.4 Å². The zero-order valence-corrected chi connectivity index (χ0v) is 21.7. The molecule has 1 N–H and O–H groups in total. The highest BCUT2D eigenvalue weighted by Crippen LogP contribution is 2.38. The second-order valence-electron chi connectivity index (χ2n) is 9.94. The first kappa shape index (κ1) is 25.3. The van der Waals surface area contributed by atoms with Crippen LogP contribution in [0.4, 0.5) is 10.5 Å². The van der Waals surface area contributed by atoms with Gasteiger partial charge in [-0.3, -0.25) is 4.98 Å². The van der Waals surface area contributed by atoms with Gasteiger partial charge in [0.25, 0.3) is 0 Å². The van der Waals surface area contributed by atoms with Crippen molar-refractivity contribution < 1.29 is 27.4 Å². The van der Waals surface area contributed by atoms with Crippen LogP contribution in [-0.2, 0) is 14.9 Å². The molecule has 1 aliphatic heterocycles. The van der Waals surface area contributed by atoms with Crippen LogP contribution in [0.15, 0.2) is 24.4 Å². The minimum atomic E-state index is -4.01. The molecule has 1 aliphatic carbocycles. The number of fused-ring (bicyclic) bond motifs is 1. The van der Waals surface area contributed by atoms with Crippen molar-refractivity contribution in [2.75, 3.05) is 32.2 Å². The van der Waals surface area contributed by atoms with E-state index in [0.29, 0.717) is 37.4 Å². The van der Waals surface area contributed by atoms with Gasteiger partial charge in [0.15, 0.2) is 11.5 Å². The van der Waals surface area contributed by atoms with E-state index in [1.165, 1.54) is 4.31 Å². The molecule has 192 valence electrons. The Bertz CT molecular complexity index is 1180. The fourth-order valence-electron chi connectivity index (χ4n) is 4.57. The molecule has 0 atom stereocenters. The van der Waals surface area contributed by atoms with Gasteiger partial charge in [0.05, 0.1) is 19.7 Å². The monoisotopic (exact) mass is 506 g/mol. The second-order valence-corrected chi connectivity index (χ2v) is 11.5. The van der Waals surface area contributed by atoms with Crippen LogP contribution in [0.3, 0.4) is 0 Å². The van der Waals surface area contributed by atoms with E-state index in [2.05, 4.69) is 14.6 Å². The van der Waals surface area contributed by atoms with Crippen molar-refractivity contribution in [3.8, 4) is 11.5 Å². The summed E-state index contributed by atoms with van der Waals surface area (Å²) in [6, 6.07) is 5.47. The summed E-state index contributed by atoms with van der Waals surface area (Å²) in [4.78, 5) is 18.9. The van der Waals surface area contributed by atoms with E-state index >= 15 is 0 Å². The first-order valence-corrected chi connectivity index (χ1v) is 13.3. The molecule has 0 radical (unpaired) electrons. The number of aromatic nitrogens is 1. The van der Waals surface area contributed by atoms with E-state index in [9.17, 15) is 13.2 Å². The largest absolute Gasteiger partial charge is 0.493 e. The molecule has 10 nitrogen and oxygen atoms in total. The Morgan fingerprint density at radius 1 is 1.06 bits per heavy atom. The summed E-state index contributed by atoms with van der Waals surface area (Å²) < 4.78 is 45.9. The molecule has 2 aromatic rings. The Labute approximate surface area is 206 Å². The lowest BCUT2D eigenvalue weighted by molar-refractivity contribution is 0.0565. The maximum absolute atomic E-state index is 13.1. The Morgan fingerprint density at radius 3 is 2.23 bits per heavy atom. The van der Waals surface area contributed by atoms with Crippen LogP contribution >= 0.6 is 0 Å². The highest BCUT2D eigenvalue weighted by Gasteiger charge is 2.44. The van der Waals surface area contributed by atoms with Crippen LogP contribution in [-0.4, -0.2) is 68.8 Å². The summed E-state index contributed by atoms with van der Waals surface area (Å²) in [7, 11) is -0.820. The normalized spacial score (nSPS) is 17.5. The van der Waals surface area contributed by atoms with Gasteiger partial charge in [-0.05, 0) is 58.6 Å². The number of methoxy groups -OCH3 is 2. The summed E-state index contributed by atoms with van der Waals surface area (Å²) in [6.07, 6.45) is 3.69. The minimum Gasteiger partial charge on any atom is -0.493 e. The Balaban J connectivity index is 1.50. The highest BCUT2D eigenvalue weighted by atomic mass is 32.2. The number of hydrogen-bond donors (Lipinski definition) is 1. The van der Waals surface area contributed by atoms with Crippen LogP contribution in [0.5, 0.6) is 11.5 Å². The summed E-state index contributed by atoms with van der Waals surface area (Å²) in [5, 5.41) is 0.946. The number of carbonyl (C=O) groups excluding carboxylic acids is 1. The Morgan fingerprint density at radius 2 is 1.66 bits per heavy atom. The molecule has 1 amide bonds. The number of carbonyl (C=O) groups is 1. The smallest absolute Gasteiger partial charge is 0.422 e. The Kier molecular flexibility index (Phi) is 7.01. The number of nitrogens with zero attached hydrogens (tertiary/aromatic N) is 3. The van der Waals surface area contributed by atoms with Crippen molar-refractivity contribution in [1.29, 1.82) is 0 Å². The second kappa shape index (κ2) is 9.69. The van der Waals surface area contributed by atoms with E-state index in [1.54, 1.807) is 41.2 Å². The fraction of sp³-hybridized carbons (Fsp3) is 0.583. The molecule has 1 saturated carbocycles. The number of amides is 1. The van der Waals surface area contributed by atoms with Crippen LogP contribution in [0, 0.1) is 0 Å². The third kappa shape index (κ3) is 5.72. The Hall–Kier alpha value is -2.79. The number of benzene rings is 1. The van der Waals surface area contributed by atoms with Crippen LogP contribution < -0.4 is 19.1 Å². The van der Waals surface area contributed by atoms with Crippen molar-refractivity contribution >= 4 is 32.9 Å². The topological polar surface area (TPSA) is 110 Å². The zero-order chi connectivity index (χ0) is 25.4. The predicted molar refractivity (Wildman–Crippen MR) is 133 cm³/mol. The van der Waals surface area contributed by atoms with Gasteiger partial charge in [-0.15, -0.1) is 0 Å². The summed E-state index contributed by atoms with van der Waals surface area (Å²) in [5.74, 6) is 1.24. The maximum Gasteiger partial charge on any atom is 0.422 e. The molecule has 11 heteroatoms. The van der Waals surface area contributed by atoms with Gasteiger partial charge in [-0.2, -0.15) is 12.7 Å². The number of nitrogens with one attached hydrogen (secondary N) is 1. The fourth-order valence-corrected chi connectivity index (χ4v) is 6.14. The van der Waals surface area contributed by atoms with E-state index in [4.69, 9.17) is 14.2 Å². The van der Waals surface area contributed by atoms with E-state index < -0.39 is 21.9 Å². The number of anilines is 1. The molecule has 0 unspecified atom stereocenters. The molecule has 1 saturated heterocycles. The van der Waals surface area contributed by atoms with Crippen LogP contribution in [0.1, 0.15) is 46.5 Å².